The second-order valence-electron chi connectivity index (χ2n) is 5.40. The highest BCUT2D eigenvalue weighted by molar-refractivity contribution is 14.1. The van der Waals surface area contributed by atoms with Gasteiger partial charge in [-0.3, -0.25) is 9.10 Å². The average Bonchev–Trinajstić information content (AvgIpc) is 2.59. The number of hydrogen-bond donors (Lipinski definition) is 1. The lowest BCUT2D eigenvalue weighted by Gasteiger charge is -2.23. The van der Waals surface area contributed by atoms with Gasteiger partial charge in [0, 0.05) is 9.28 Å². The molecule has 2 aromatic carbocycles. The molecule has 0 aliphatic rings. The minimum atomic E-state index is -3.88. The molecule has 0 saturated heterocycles. The fraction of sp³-hybridized carbons (Fsp3) is 0.176. The predicted molar refractivity (Wildman–Crippen MR) is 107 cm³/mol. The second kappa shape index (κ2) is 8.43. The molecule has 0 aliphatic carbocycles. The van der Waals surface area contributed by atoms with E-state index in [9.17, 15) is 13.2 Å². The number of nitrogens with one attached hydrogen (secondary N) is 1. The van der Waals surface area contributed by atoms with Crippen molar-refractivity contribution in [2.45, 2.75) is 18.7 Å². The highest BCUT2D eigenvalue weighted by atomic mass is 127. The Balaban J connectivity index is 2.40. The molecule has 1 N–H and O–H groups in total. The minimum Gasteiger partial charge on any atom is -0.271 e. The van der Waals surface area contributed by atoms with Crippen LogP contribution in [-0.2, 0) is 14.8 Å². The van der Waals surface area contributed by atoms with E-state index in [1.54, 1.807) is 56.3 Å². The van der Waals surface area contributed by atoms with Crippen LogP contribution in [0.5, 0.6) is 0 Å². The van der Waals surface area contributed by atoms with E-state index in [1.165, 1.54) is 12.1 Å². The van der Waals surface area contributed by atoms with Crippen LogP contribution in [0.15, 0.2) is 64.6 Å². The third-order valence-corrected chi connectivity index (χ3v) is 5.64. The largest absolute Gasteiger partial charge is 0.271 e. The van der Waals surface area contributed by atoms with E-state index in [1.807, 2.05) is 0 Å². The van der Waals surface area contributed by atoms with Crippen molar-refractivity contribution in [3.05, 3.63) is 58.2 Å². The number of hydrazone groups is 1. The number of rotatable bonds is 6. The summed E-state index contributed by atoms with van der Waals surface area (Å²) in [7, 11) is -3.88. The summed E-state index contributed by atoms with van der Waals surface area (Å²) in [5.41, 5.74) is 3.44. The van der Waals surface area contributed by atoms with Gasteiger partial charge < -0.3 is 0 Å². The first-order valence-electron chi connectivity index (χ1n) is 7.44. The third-order valence-electron chi connectivity index (χ3n) is 3.14. The monoisotopic (exact) mass is 471 g/mol. The van der Waals surface area contributed by atoms with Crippen molar-refractivity contribution in [3.8, 4) is 0 Å². The van der Waals surface area contributed by atoms with Crippen LogP contribution >= 0.6 is 22.6 Å². The molecule has 2 aromatic rings. The Hall–Kier alpha value is -1.94. The molecule has 1 amide bonds. The highest BCUT2D eigenvalue weighted by Crippen LogP contribution is 2.24. The van der Waals surface area contributed by atoms with E-state index < -0.39 is 15.9 Å². The van der Waals surface area contributed by atoms with Gasteiger partial charge in [-0.15, -0.1) is 0 Å². The molecule has 2 rings (SSSR count). The van der Waals surface area contributed by atoms with Gasteiger partial charge in [-0.1, -0.05) is 18.2 Å². The van der Waals surface area contributed by atoms with Crippen LogP contribution in [0.2, 0.25) is 0 Å². The molecule has 25 heavy (non-hydrogen) atoms. The topological polar surface area (TPSA) is 78.8 Å². The number of carbonyl (C=O) groups excluding carboxylic acids is 1. The van der Waals surface area contributed by atoms with Gasteiger partial charge in [0.15, 0.2) is 0 Å². The molecule has 0 aliphatic heterocycles. The summed E-state index contributed by atoms with van der Waals surface area (Å²) < 4.78 is 28.0. The summed E-state index contributed by atoms with van der Waals surface area (Å²) in [6.45, 7) is 3.10. The molecule has 0 bridgehead atoms. The summed E-state index contributed by atoms with van der Waals surface area (Å²) >= 11 is 2.13. The fourth-order valence-electron chi connectivity index (χ4n) is 1.98. The molecular weight excluding hydrogens is 453 g/mol. The van der Waals surface area contributed by atoms with Crippen molar-refractivity contribution in [2.24, 2.45) is 5.10 Å². The number of halogens is 1. The van der Waals surface area contributed by atoms with Crippen molar-refractivity contribution < 1.29 is 13.2 Å². The summed E-state index contributed by atoms with van der Waals surface area (Å²) in [5.74, 6) is -0.515. The van der Waals surface area contributed by atoms with E-state index in [0.717, 1.165) is 7.88 Å². The van der Waals surface area contributed by atoms with Crippen LogP contribution in [0.1, 0.15) is 13.8 Å². The molecule has 132 valence electrons. The van der Waals surface area contributed by atoms with E-state index >= 15 is 0 Å². The number of hydrogen-bond acceptors (Lipinski definition) is 4. The zero-order valence-corrected chi connectivity index (χ0v) is 16.8. The van der Waals surface area contributed by atoms with Gasteiger partial charge in [0.05, 0.1) is 10.6 Å². The van der Waals surface area contributed by atoms with Crippen molar-refractivity contribution in [1.29, 1.82) is 0 Å². The molecule has 0 aromatic heterocycles. The highest BCUT2D eigenvalue weighted by Gasteiger charge is 2.27. The minimum absolute atomic E-state index is 0.122. The molecule has 0 fully saturated rings. The van der Waals surface area contributed by atoms with Gasteiger partial charge in [-0.05, 0) is 72.8 Å². The first kappa shape index (κ1) is 19.4. The maximum atomic E-state index is 13.0. The van der Waals surface area contributed by atoms with Crippen LogP contribution in [0, 0.1) is 3.57 Å². The van der Waals surface area contributed by atoms with Crippen molar-refractivity contribution in [2.75, 3.05) is 10.8 Å². The Morgan fingerprint density at radius 1 is 1.08 bits per heavy atom. The summed E-state index contributed by atoms with van der Waals surface area (Å²) in [5, 5.41) is 3.83. The predicted octanol–water partition coefficient (Wildman–Crippen LogP) is 3.00. The number of sulfonamides is 1. The summed E-state index contributed by atoms with van der Waals surface area (Å²) in [6.07, 6.45) is 0. The lowest BCUT2D eigenvalue weighted by molar-refractivity contribution is -0.119. The van der Waals surface area contributed by atoms with Crippen molar-refractivity contribution in [3.63, 3.8) is 0 Å². The number of anilines is 1. The van der Waals surface area contributed by atoms with E-state index in [-0.39, 0.29) is 11.4 Å². The second-order valence-corrected chi connectivity index (χ2v) is 8.50. The molecule has 8 heteroatoms. The number of benzene rings is 2. The molecular formula is C17H18IN3O3S. The van der Waals surface area contributed by atoms with Gasteiger partial charge in [-0.2, -0.15) is 5.10 Å². The Kier molecular flexibility index (Phi) is 6.54. The lowest BCUT2D eigenvalue weighted by Crippen LogP contribution is -2.39. The van der Waals surface area contributed by atoms with Crippen LogP contribution in [0.4, 0.5) is 5.69 Å². The Labute approximate surface area is 161 Å². The van der Waals surface area contributed by atoms with Crippen molar-refractivity contribution >= 4 is 49.9 Å². The average molecular weight is 471 g/mol. The number of carbonyl (C=O) groups is 1. The van der Waals surface area contributed by atoms with Gasteiger partial charge in [0.1, 0.15) is 6.54 Å². The maximum absolute atomic E-state index is 13.0. The molecule has 0 spiro atoms. The molecule has 0 heterocycles. The standard InChI is InChI=1S/C17H18IN3O3S/c1-13(2)19-20-17(22)12-21(15-10-8-14(18)9-11-15)25(23,24)16-6-4-3-5-7-16/h3-11H,12H2,1-2H3,(H,20,22). The molecule has 0 radical (unpaired) electrons. The Morgan fingerprint density at radius 3 is 2.24 bits per heavy atom. The van der Waals surface area contributed by atoms with Gasteiger partial charge >= 0.3 is 0 Å². The lowest BCUT2D eigenvalue weighted by atomic mass is 10.3. The Bertz CT molecular complexity index is 862. The van der Waals surface area contributed by atoms with Gasteiger partial charge in [0.2, 0.25) is 0 Å². The van der Waals surface area contributed by atoms with Crippen LogP contribution < -0.4 is 9.73 Å². The number of amides is 1. The quantitative estimate of drug-likeness (QED) is 0.400. The first-order valence-corrected chi connectivity index (χ1v) is 9.95. The van der Waals surface area contributed by atoms with E-state index in [2.05, 4.69) is 33.1 Å². The van der Waals surface area contributed by atoms with Crippen molar-refractivity contribution in [1.82, 2.24) is 5.43 Å². The van der Waals surface area contributed by atoms with Crippen LogP contribution in [0.3, 0.4) is 0 Å². The Morgan fingerprint density at radius 2 is 1.68 bits per heavy atom. The van der Waals surface area contributed by atoms with Crippen LogP contribution in [0.25, 0.3) is 0 Å². The normalized spacial score (nSPS) is 10.8. The van der Waals surface area contributed by atoms with Gasteiger partial charge in [-0.25, -0.2) is 13.8 Å². The summed E-state index contributed by atoms with van der Waals surface area (Å²) in [4.78, 5) is 12.3. The zero-order valence-electron chi connectivity index (χ0n) is 13.8. The molecule has 0 unspecified atom stereocenters. The third kappa shape index (κ3) is 5.27. The van der Waals surface area contributed by atoms with Crippen LogP contribution in [-0.4, -0.2) is 26.6 Å². The number of nitrogens with zero attached hydrogens (tertiary/aromatic N) is 2. The summed E-state index contributed by atoms with van der Waals surface area (Å²) in [6, 6.07) is 14.9. The fourth-order valence-corrected chi connectivity index (χ4v) is 3.78. The first-order chi connectivity index (χ1) is 11.8. The zero-order chi connectivity index (χ0) is 18.4. The van der Waals surface area contributed by atoms with E-state index in [0.29, 0.717) is 11.4 Å². The maximum Gasteiger partial charge on any atom is 0.264 e. The molecule has 6 nitrogen and oxygen atoms in total. The smallest absolute Gasteiger partial charge is 0.264 e. The SMILES string of the molecule is CC(C)=NNC(=O)CN(c1ccc(I)cc1)S(=O)(=O)c1ccccc1. The molecule has 0 atom stereocenters. The molecule has 0 saturated carbocycles. The van der Waals surface area contributed by atoms with Gasteiger partial charge in [0.25, 0.3) is 15.9 Å². The van der Waals surface area contributed by atoms with E-state index in [4.69, 9.17) is 0 Å².